The minimum atomic E-state index is -0.596. The summed E-state index contributed by atoms with van der Waals surface area (Å²) < 4.78 is 5.09. The second-order valence-corrected chi connectivity index (χ2v) is 4.39. The van der Waals surface area contributed by atoms with Crippen molar-refractivity contribution in [3.05, 3.63) is 30.3 Å². The Balaban J connectivity index is 2.60. The summed E-state index contributed by atoms with van der Waals surface area (Å²) in [6.45, 7) is 5.56. The molecule has 1 rings (SSSR count). The third kappa shape index (κ3) is 4.20. The second kappa shape index (κ2) is 6.79. The molecule has 0 saturated heterocycles. The normalized spacial score (nSPS) is 12.0. The number of carbonyl (C=O) groups excluding carboxylic acids is 2. The minimum Gasteiger partial charge on any atom is -0.410 e. The van der Waals surface area contributed by atoms with Crippen LogP contribution in [-0.4, -0.2) is 17.9 Å². The topological polar surface area (TPSA) is 55.4 Å². The molecule has 0 fully saturated rings. The summed E-state index contributed by atoms with van der Waals surface area (Å²) in [5, 5.41) is 2.60. The van der Waals surface area contributed by atoms with Crippen molar-refractivity contribution in [3.63, 3.8) is 0 Å². The number of hydrogen-bond donors (Lipinski definition) is 1. The summed E-state index contributed by atoms with van der Waals surface area (Å²) >= 11 is 0. The largest absolute Gasteiger partial charge is 0.413 e. The standard InChI is InChI=1S/C14H19NO3/c1-4-12(16)13(10(2)3)15-14(17)18-11-8-6-5-7-9-11/h5-10,13H,4H2,1-3H3,(H,15,17)/t13-/m0/s1. The van der Waals surface area contributed by atoms with Crippen LogP contribution in [0.15, 0.2) is 30.3 Å². The molecule has 0 heterocycles. The van der Waals surface area contributed by atoms with Crippen molar-refractivity contribution in [1.29, 1.82) is 0 Å². The molecule has 0 saturated carbocycles. The van der Waals surface area contributed by atoms with Crippen LogP contribution in [-0.2, 0) is 4.79 Å². The Morgan fingerprint density at radius 2 is 1.83 bits per heavy atom. The maximum absolute atomic E-state index is 11.7. The minimum absolute atomic E-state index is 0.00927. The van der Waals surface area contributed by atoms with Gasteiger partial charge < -0.3 is 10.1 Å². The number of rotatable bonds is 5. The number of carbonyl (C=O) groups is 2. The van der Waals surface area contributed by atoms with Gasteiger partial charge in [-0.25, -0.2) is 4.79 Å². The average Bonchev–Trinajstić information content (AvgIpc) is 2.36. The summed E-state index contributed by atoms with van der Waals surface area (Å²) in [5.74, 6) is 0.511. The predicted octanol–water partition coefficient (Wildman–Crippen LogP) is 2.78. The van der Waals surface area contributed by atoms with Crippen LogP contribution in [0.25, 0.3) is 0 Å². The Morgan fingerprint density at radius 3 is 2.33 bits per heavy atom. The Hall–Kier alpha value is -1.84. The van der Waals surface area contributed by atoms with Crippen LogP contribution in [0.3, 0.4) is 0 Å². The summed E-state index contributed by atoms with van der Waals surface area (Å²) in [4.78, 5) is 23.3. The molecule has 18 heavy (non-hydrogen) atoms. The van der Waals surface area contributed by atoms with E-state index in [1.54, 1.807) is 31.2 Å². The smallest absolute Gasteiger partial charge is 0.410 e. The Bertz CT molecular complexity index is 401. The van der Waals surface area contributed by atoms with Crippen molar-refractivity contribution in [3.8, 4) is 5.75 Å². The van der Waals surface area contributed by atoms with E-state index in [9.17, 15) is 9.59 Å². The number of nitrogens with one attached hydrogen (secondary N) is 1. The van der Waals surface area contributed by atoms with E-state index in [0.29, 0.717) is 12.2 Å². The van der Waals surface area contributed by atoms with Crippen molar-refractivity contribution in [2.75, 3.05) is 0 Å². The van der Waals surface area contributed by atoms with Gasteiger partial charge in [0.25, 0.3) is 0 Å². The van der Waals surface area contributed by atoms with Gasteiger partial charge in [0.1, 0.15) is 5.75 Å². The number of para-hydroxylation sites is 1. The lowest BCUT2D eigenvalue weighted by atomic mass is 9.99. The molecular weight excluding hydrogens is 230 g/mol. The summed E-state index contributed by atoms with van der Waals surface area (Å²) in [6, 6.07) is 8.27. The van der Waals surface area contributed by atoms with E-state index in [2.05, 4.69) is 5.32 Å². The van der Waals surface area contributed by atoms with Gasteiger partial charge in [-0.2, -0.15) is 0 Å². The zero-order valence-electron chi connectivity index (χ0n) is 11.0. The maximum Gasteiger partial charge on any atom is 0.413 e. The monoisotopic (exact) mass is 249 g/mol. The van der Waals surface area contributed by atoms with Crippen molar-refractivity contribution < 1.29 is 14.3 Å². The molecule has 0 aliphatic rings. The fraction of sp³-hybridized carbons (Fsp3) is 0.429. The second-order valence-electron chi connectivity index (χ2n) is 4.39. The van der Waals surface area contributed by atoms with Crippen molar-refractivity contribution in [1.82, 2.24) is 5.32 Å². The third-order valence-electron chi connectivity index (χ3n) is 2.59. The summed E-state index contributed by atoms with van der Waals surface area (Å²) in [6.07, 6.45) is -0.198. The molecule has 0 aromatic heterocycles. The van der Waals surface area contributed by atoms with Gasteiger partial charge in [-0.3, -0.25) is 4.79 Å². The third-order valence-corrected chi connectivity index (χ3v) is 2.59. The highest BCUT2D eigenvalue weighted by Gasteiger charge is 2.23. The molecular formula is C14H19NO3. The first-order valence-corrected chi connectivity index (χ1v) is 6.10. The lowest BCUT2D eigenvalue weighted by Crippen LogP contribution is -2.45. The number of benzene rings is 1. The van der Waals surface area contributed by atoms with Gasteiger partial charge in [-0.1, -0.05) is 39.0 Å². The molecule has 1 aromatic carbocycles. The SMILES string of the molecule is CCC(=O)[C@@H](NC(=O)Oc1ccccc1)C(C)C. The fourth-order valence-electron chi connectivity index (χ4n) is 1.59. The van der Waals surface area contributed by atoms with E-state index >= 15 is 0 Å². The van der Waals surface area contributed by atoms with E-state index in [1.807, 2.05) is 19.9 Å². The van der Waals surface area contributed by atoms with Crippen molar-refractivity contribution >= 4 is 11.9 Å². The Labute approximate surface area is 107 Å². The van der Waals surface area contributed by atoms with Crippen LogP contribution in [0.1, 0.15) is 27.2 Å². The highest BCUT2D eigenvalue weighted by atomic mass is 16.6. The summed E-state index contributed by atoms with van der Waals surface area (Å²) in [7, 11) is 0. The van der Waals surface area contributed by atoms with Gasteiger partial charge >= 0.3 is 6.09 Å². The zero-order valence-corrected chi connectivity index (χ0v) is 11.0. The Morgan fingerprint density at radius 1 is 1.22 bits per heavy atom. The average molecular weight is 249 g/mol. The number of Topliss-reactive ketones (excluding diaryl/α,β-unsaturated/α-hetero) is 1. The highest BCUT2D eigenvalue weighted by Crippen LogP contribution is 2.10. The van der Waals surface area contributed by atoms with Crippen molar-refractivity contribution in [2.45, 2.75) is 33.2 Å². The summed E-state index contributed by atoms with van der Waals surface area (Å²) in [5.41, 5.74) is 0. The van der Waals surface area contributed by atoms with Gasteiger partial charge in [0.15, 0.2) is 5.78 Å². The molecule has 0 aliphatic carbocycles. The molecule has 4 nitrogen and oxygen atoms in total. The van der Waals surface area contributed by atoms with Crippen LogP contribution in [0.4, 0.5) is 4.79 Å². The molecule has 1 atom stereocenters. The van der Waals surface area contributed by atoms with Gasteiger partial charge in [0.05, 0.1) is 6.04 Å². The zero-order chi connectivity index (χ0) is 13.5. The van der Waals surface area contributed by atoms with Crippen molar-refractivity contribution in [2.24, 2.45) is 5.92 Å². The molecule has 98 valence electrons. The number of hydrogen-bond acceptors (Lipinski definition) is 3. The molecule has 0 bridgehead atoms. The van der Waals surface area contributed by atoms with Crippen LogP contribution in [0.2, 0.25) is 0 Å². The first-order chi connectivity index (χ1) is 8.54. The van der Waals surface area contributed by atoms with E-state index in [-0.39, 0.29) is 11.7 Å². The highest BCUT2D eigenvalue weighted by molar-refractivity contribution is 5.87. The van der Waals surface area contributed by atoms with Gasteiger partial charge in [0.2, 0.25) is 0 Å². The lowest BCUT2D eigenvalue weighted by Gasteiger charge is -2.20. The molecule has 1 amide bonds. The predicted molar refractivity (Wildman–Crippen MR) is 69.5 cm³/mol. The molecule has 1 N–H and O–H groups in total. The van der Waals surface area contributed by atoms with Crippen LogP contribution >= 0.6 is 0 Å². The number of amides is 1. The van der Waals surface area contributed by atoms with E-state index in [1.165, 1.54) is 0 Å². The van der Waals surface area contributed by atoms with Crippen LogP contribution in [0.5, 0.6) is 5.75 Å². The number of ether oxygens (including phenoxy) is 1. The van der Waals surface area contributed by atoms with Gasteiger partial charge in [0, 0.05) is 6.42 Å². The lowest BCUT2D eigenvalue weighted by molar-refractivity contribution is -0.121. The first kappa shape index (κ1) is 14.2. The molecule has 0 unspecified atom stereocenters. The van der Waals surface area contributed by atoms with Crippen LogP contribution < -0.4 is 10.1 Å². The first-order valence-electron chi connectivity index (χ1n) is 6.10. The number of ketones is 1. The van der Waals surface area contributed by atoms with Gasteiger partial charge in [-0.05, 0) is 18.1 Å². The fourth-order valence-corrected chi connectivity index (χ4v) is 1.59. The Kier molecular flexibility index (Phi) is 5.36. The van der Waals surface area contributed by atoms with E-state index in [0.717, 1.165) is 0 Å². The van der Waals surface area contributed by atoms with Crippen LogP contribution in [0, 0.1) is 5.92 Å². The van der Waals surface area contributed by atoms with E-state index < -0.39 is 12.1 Å². The molecule has 1 aromatic rings. The van der Waals surface area contributed by atoms with Gasteiger partial charge in [-0.15, -0.1) is 0 Å². The molecule has 0 spiro atoms. The van der Waals surface area contributed by atoms with E-state index in [4.69, 9.17) is 4.74 Å². The molecule has 4 heteroatoms. The molecule has 0 aliphatic heterocycles. The molecule has 0 radical (unpaired) electrons. The quantitative estimate of drug-likeness (QED) is 0.873. The maximum atomic E-state index is 11.7.